The minimum absolute atomic E-state index is 0.0611. The Labute approximate surface area is 141 Å². The van der Waals surface area contributed by atoms with Crippen LogP contribution in [0.25, 0.3) is 0 Å². The summed E-state index contributed by atoms with van der Waals surface area (Å²) >= 11 is 0. The molecular formula is C18H22N4O2. The number of rotatable bonds is 3. The topological polar surface area (TPSA) is 71.3 Å². The van der Waals surface area contributed by atoms with Crippen LogP contribution in [0, 0.1) is 0 Å². The lowest BCUT2D eigenvalue weighted by Gasteiger charge is -2.23. The Morgan fingerprint density at radius 2 is 2.12 bits per heavy atom. The highest BCUT2D eigenvalue weighted by Gasteiger charge is 2.33. The van der Waals surface area contributed by atoms with Gasteiger partial charge in [-0.1, -0.05) is 6.07 Å². The fourth-order valence-corrected chi connectivity index (χ4v) is 3.72. The molecule has 0 aromatic carbocycles. The van der Waals surface area contributed by atoms with Crippen molar-refractivity contribution in [2.24, 2.45) is 0 Å². The van der Waals surface area contributed by atoms with Crippen molar-refractivity contribution < 1.29 is 9.21 Å². The third-order valence-corrected chi connectivity index (χ3v) is 5.01. The fourth-order valence-electron chi connectivity index (χ4n) is 3.72. The van der Waals surface area contributed by atoms with Gasteiger partial charge in [0.15, 0.2) is 5.89 Å². The second-order valence-corrected chi connectivity index (χ2v) is 6.53. The van der Waals surface area contributed by atoms with E-state index >= 15 is 0 Å². The monoisotopic (exact) mass is 326 g/mol. The molecule has 4 rings (SSSR count). The highest BCUT2D eigenvalue weighted by Crippen LogP contribution is 2.33. The van der Waals surface area contributed by atoms with E-state index in [1.807, 2.05) is 23.2 Å². The molecule has 0 aliphatic carbocycles. The first kappa shape index (κ1) is 15.3. The number of likely N-dealkylation sites (tertiary alicyclic amines) is 1. The number of nitrogens with zero attached hydrogens (tertiary/aromatic N) is 3. The van der Waals surface area contributed by atoms with Crippen LogP contribution < -0.4 is 5.32 Å². The molecule has 2 aromatic rings. The summed E-state index contributed by atoms with van der Waals surface area (Å²) in [5.74, 6) is 1.32. The van der Waals surface area contributed by atoms with E-state index in [-0.39, 0.29) is 11.9 Å². The molecule has 24 heavy (non-hydrogen) atoms. The zero-order chi connectivity index (χ0) is 16.4. The van der Waals surface area contributed by atoms with Gasteiger partial charge in [0.1, 0.15) is 0 Å². The Kier molecular flexibility index (Phi) is 4.30. The van der Waals surface area contributed by atoms with Crippen LogP contribution in [0.5, 0.6) is 0 Å². The van der Waals surface area contributed by atoms with E-state index in [0.29, 0.717) is 17.6 Å². The summed E-state index contributed by atoms with van der Waals surface area (Å²) in [6.45, 7) is 2.71. The van der Waals surface area contributed by atoms with Gasteiger partial charge in [0, 0.05) is 24.9 Å². The van der Waals surface area contributed by atoms with Crippen LogP contribution in [-0.4, -0.2) is 40.4 Å². The third-order valence-electron chi connectivity index (χ3n) is 5.01. The van der Waals surface area contributed by atoms with Gasteiger partial charge in [-0.05, 0) is 50.4 Å². The predicted molar refractivity (Wildman–Crippen MR) is 88.6 cm³/mol. The van der Waals surface area contributed by atoms with Gasteiger partial charge in [-0.25, -0.2) is 4.98 Å². The van der Waals surface area contributed by atoms with Crippen molar-refractivity contribution in [1.29, 1.82) is 0 Å². The molecule has 6 heteroatoms. The van der Waals surface area contributed by atoms with E-state index in [0.717, 1.165) is 50.9 Å². The van der Waals surface area contributed by atoms with Crippen LogP contribution in [0.3, 0.4) is 0 Å². The van der Waals surface area contributed by atoms with E-state index in [9.17, 15) is 4.79 Å². The van der Waals surface area contributed by atoms with Gasteiger partial charge >= 0.3 is 0 Å². The van der Waals surface area contributed by atoms with Gasteiger partial charge in [-0.2, -0.15) is 0 Å². The Morgan fingerprint density at radius 3 is 2.92 bits per heavy atom. The molecule has 2 aliphatic rings. The molecule has 1 N–H and O–H groups in total. The third kappa shape index (κ3) is 2.94. The number of piperidine rings is 1. The fraction of sp³-hybridized carbons (Fsp3) is 0.500. The van der Waals surface area contributed by atoms with Crippen LogP contribution in [0.1, 0.15) is 59.7 Å². The molecule has 0 radical (unpaired) electrons. The molecule has 1 amide bonds. The molecule has 2 fully saturated rings. The first-order valence-corrected chi connectivity index (χ1v) is 8.70. The summed E-state index contributed by atoms with van der Waals surface area (Å²) in [5, 5.41) is 3.33. The maximum Gasteiger partial charge on any atom is 0.291 e. The number of carbonyl (C=O) groups is 1. The second kappa shape index (κ2) is 6.73. The number of oxazole rings is 1. The van der Waals surface area contributed by atoms with Crippen molar-refractivity contribution in [2.45, 2.75) is 37.6 Å². The van der Waals surface area contributed by atoms with E-state index in [1.54, 1.807) is 12.4 Å². The molecule has 0 saturated carbocycles. The van der Waals surface area contributed by atoms with Crippen molar-refractivity contribution in [2.75, 3.05) is 19.6 Å². The Balaban J connectivity index is 1.51. The first-order chi connectivity index (χ1) is 11.8. The highest BCUT2D eigenvalue weighted by atomic mass is 16.4. The van der Waals surface area contributed by atoms with Crippen molar-refractivity contribution in [3.8, 4) is 0 Å². The van der Waals surface area contributed by atoms with Gasteiger partial charge in [-0.15, -0.1) is 0 Å². The minimum atomic E-state index is -0.0611. The summed E-state index contributed by atoms with van der Waals surface area (Å²) < 4.78 is 5.84. The number of carbonyl (C=O) groups excluding carboxylic acids is 1. The minimum Gasteiger partial charge on any atom is -0.435 e. The van der Waals surface area contributed by atoms with Crippen molar-refractivity contribution >= 4 is 5.91 Å². The lowest BCUT2D eigenvalue weighted by Crippen LogP contribution is -2.30. The maximum atomic E-state index is 12.9. The van der Waals surface area contributed by atoms with Crippen LogP contribution in [0.15, 0.2) is 35.1 Å². The predicted octanol–water partition coefficient (Wildman–Crippen LogP) is 2.51. The molecular weight excluding hydrogens is 304 g/mol. The summed E-state index contributed by atoms with van der Waals surface area (Å²) in [6, 6.07) is 4.03. The van der Waals surface area contributed by atoms with Gasteiger partial charge in [0.05, 0.1) is 12.2 Å². The first-order valence-electron chi connectivity index (χ1n) is 8.70. The summed E-state index contributed by atoms with van der Waals surface area (Å²) in [5.41, 5.74) is 1.08. The number of nitrogens with one attached hydrogen (secondary N) is 1. The molecule has 0 spiro atoms. The zero-order valence-electron chi connectivity index (χ0n) is 13.6. The Morgan fingerprint density at radius 1 is 1.25 bits per heavy atom. The smallest absolute Gasteiger partial charge is 0.291 e. The average molecular weight is 326 g/mol. The molecule has 4 heterocycles. The number of aromatic nitrogens is 2. The number of pyridine rings is 1. The SMILES string of the molecule is O=C(c1cnc(C2CCNCC2)o1)N1CCCC1c1cccnc1. The summed E-state index contributed by atoms with van der Waals surface area (Å²) in [7, 11) is 0. The standard InChI is InChI=1S/C18H22N4O2/c23-18(16-12-21-17(24-16)13-5-8-19-9-6-13)22-10-2-4-15(22)14-3-1-7-20-11-14/h1,3,7,11-13,15,19H,2,4-6,8-10H2. The normalized spacial score (nSPS) is 22.0. The Bertz CT molecular complexity index is 694. The van der Waals surface area contributed by atoms with Gasteiger partial charge in [0.25, 0.3) is 5.91 Å². The molecule has 126 valence electrons. The quantitative estimate of drug-likeness (QED) is 0.938. The second-order valence-electron chi connectivity index (χ2n) is 6.53. The summed E-state index contributed by atoms with van der Waals surface area (Å²) in [4.78, 5) is 23.3. The van der Waals surface area contributed by atoms with E-state index < -0.39 is 0 Å². The molecule has 0 bridgehead atoms. The Hall–Kier alpha value is -2.21. The van der Waals surface area contributed by atoms with Gasteiger partial charge < -0.3 is 14.6 Å². The van der Waals surface area contributed by atoms with E-state index in [1.165, 1.54) is 0 Å². The van der Waals surface area contributed by atoms with E-state index in [2.05, 4.69) is 15.3 Å². The van der Waals surface area contributed by atoms with Crippen LogP contribution in [0.4, 0.5) is 0 Å². The molecule has 2 aromatic heterocycles. The number of amides is 1. The van der Waals surface area contributed by atoms with Crippen molar-refractivity contribution in [3.63, 3.8) is 0 Å². The summed E-state index contributed by atoms with van der Waals surface area (Å²) in [6.07, 6.45) is 9.18. The van der Waals surface area contributed by atoms with Crippen LogP contribution >= 0.6 is 0 Å². The largest absolute Gasteiger partial charge is 0.435 e. The van der Waals surface area contributed by atoms with Gasteiger partial charge in [0.2, 0.25) is 5.76 Å². The lowest BCUT2D eigenvalue weighted by atomic mass is 9.98. The lowest BCUT2D eigenvalue weighted by molar-refractivity contribution is 0.0700. The maximum absolute atomic E-state index is 12.9. The molecule has 1 atom stereocenters. The number of hydrogen-bond acceptors (Lipinski definition) is 5. The van der Waals surface area contributed by atoms with Crippen molar-refractivity contribution in [3.05, 3.63) is 47.9 Å². The van der Waals surface area contributed by atoms with Crippen LogP contribution in [-0.2, 0) is 0 Å². The molecule has 6 nitrogen and oxygen atoms in total. The van der Waals surface area contributed by atoms with Gasteiger partial charge in [-0.3, -0.25) is 9.78 Å². The van der Waals surface area contributed by atoms with Crippen LogP contribution in [0.2, 0.25) is 0 Å². The highest BCUT2D eigenvalue weighted by molar-refractivity contribution is 5.91. The van der Waals surface area contributed by atoms with Crippen molar-refractivity contribution in [1.82, 2.24) is 20.2 Å². The zero-order valence-corrected chi connectivity index (χ0v) is 13.6. The average Bonchev–Trinajstić information content (AvgIpc) is 3.32. The van der Waals surface area contributed by atoms with E-state index in [4.69, 9.17) is 4.42 Å². The molecule has 1 unspecified atom stereocenters. The molecule has 2 saturated heterocycles. The number of hydrogen-bond donors (Lipinski definition) is 1. The molecule has 2 aliphatic heterocycles.